The maximum Gasteiger partial charge on any atom is 0.266 e. The zero-order chi connectivity index (χ0) is 23.0. The number of ether oxygens (including phenoxy) is 2. The number of carbonyl (C=O) groups excluding carboxylic acids is 1. The first-order chi connectivity index (χ1) is 16.2. The summed E-state index contributed by atoms with van der Waals surface area (Å²) in [4.78, 5) is 30.2. The molecule has 0 spiro atoms. The minimum atomic E-state index is -0.195. The van der Waals surface area contributed by atoms with E-state index in [2.05, 4.69) is 10.3 Å². The third-order valence-corrected chi connectivity index (χ3v) is 5.72. The molecule has 33 heavy (non-hydrogen) atoms. The number of carbonyl (C=O) groups is 1. The normalized spacial score (nSPS) is 10.8. The monoisotopic (exact) mass is 461 g/mol. The van der Waals surface area contributed by atoms with Crippen molar-refractivity contribution in [2.45, 2.75) is 5.16 Å². The van der Waals surface area contributed by atoms with Crippen LogP contribution in [0.3, 0.4) is 0 Å². The van der Waals surface area contributed by atoms with E-state index in [1.807, 2.05) is 42.5 Å². The molecule has 0 unspecified atom stereocenters. The summed E-state index contributed by atoms with van der Waals surface area (Å²) in [6, 6.07) is 23.9. The van der Waals surface area contributed by atoms with E-state index in [4.69, 9.17) is 9.47 Å². The van der Waals surface area contributed by atoms with Crippen LogP contribution in [0, 0.1) is 0 Å². The van der Waals surface area contributed by atoms with Gasteiger partial charge >= 0.3 is 0 Å². The van der Waals surface area contributed by atoms with Gasteiger partial charge in [-0.1, -0.05) is 42.1 Å². The van der Waals surface area contributed by atoms with E-state index >= 15 is 0 Å². The fourth-order valence-corrected chi connectivity index (χ4v) is 4.04. The highest BCUT2D eigenvalue weighted by Gasteiger charge is 2.15. The molecule has 0 aliphatic heterocycles. The lowest BCUT2D eigenvalue weighted by molar-refractivity contribution is -0.118. The van der Waals surface area contributed by atoms with Crippen molar-refractivity contribution < 1.29 is 14.3 Å². The molecular weight excluding hydrogens is 438 g/mol. The molecule has 168 valence electrons. The maximum absolute atomic E-state index is 13.3. The molecule has 7 nitrogen and oxygen atoms in total. The second-order valence-electron chi connectivity index (χ2n) is 7.09. The lowest BCUT2D eigenvalue weighted by Gasteiger charge is -2.14. The van der Waals surface area contributed by atoms with Crippen molar-refractivity contribution in [1.82, 2.24) is 14.9 Å². The molecule has 3 aromatic carbocycles. The molecule has 4 aromatic rings. The van der Waals surface area contributed by atoms with Crippen molar-refractivity contribution in [2.24, 2.45) is 0 Å². The summed E-state index contributed by atoms with van der Waals surface area (Å²) in [6.45, 7) is 0.865. The quantitative estimate of drug-likeness (QED) is 0.230. The Morgan fingerprint density at radius 2 is 1.67 bits per heavy atom. The lowest BCUT2D eigenvalue weighted by Crippen LogP contribution is -2.29. The van der Waals surface area contributed by atoms with Crippen molar-refractivity contribution in [3.8, 4) is 17.2 Å². The summed E-state index contributed by atoms with van der Waals surface area (Å²) in [7, 11) is 1.58. The molecule has 1 aromatic heterocycles. The fourth-order valence-electron chi connectivity index (χ4n) is 3.20. The number of fused-ring (bicyclic) bond motifs is 1. The molecule has 0 saturated carbocycles. The number of para-hydroxylation sites is 2. The van der Waals surface area contributed by atoms with Gasteiger partial charge in [-0.15, -0.1) is 0 Å². The first-order valence-corrected chi connectivity index (χ1v) is 11.4. The molecule has 0 fully saturated rings. The van der Waals surface area contributed by atoms with Crippen LogP contribution in [0.1, 0.15) is 0 Å². The molecule has 4 rings (SSSR count). The largest absolute Gasteiger partial charge is 0.457 e. The highest BCUT2D eigenvalue weighted by atomic mass is 32.2. The summed E-state index contributed by atoms with van der Waals surface area (Å²) in [5.74, 6) is 1.35. The van der Waals surface area contributed by atoms with Crippen LogP contribution in [-0.4, -0.2) is 41.5 Å². The Morgan fingerprint density at radius 1 is 0.970 bits per heavy atom. The average Bonchev–Trinajstić information content (AvgIpc) is 2.84. The van der Waals surface area contributed by atoms with E-state index in [9.17, 15) is 9.59 Å². The second-order valence-corrected chi connectivity index (χ2v) is 8.04. The van der Waals surface area contributed by atoms with Gasteiger partial charge in [-0.25, -0.2) is 4.98 Å². The van der Waals surface area contributed by atoms with Gasteiger partial charge in [-0.3, -0.25) is 14.2 Å². The van der Waals surface area contributed by atoms with Crippen LogP contribution in [-0.2, 0) is 9.53 Å². The first-order valence-electron chi connectivity index (χ1n) is 10.4. The number of methoxy groups -OCH3 is 1. The Balaban J connectivity index is 1.63. The second kappa shape index (κ2) is 10.8. The summed E-state index contributed by atoms with van der Waals surface area (Å²) in [6.07, 6.45) is 0. The molecule has 0 aliphatic rings. The molecule has 0 atom stereocenters. The van der Waals surface area contributed by atoms with Gasteiger partial charge in [0.2, 0.25) is 5.91 Å². The van der Waals surface area contributed by atoms with Crippen LogP contribution in [0.4, 0.5) is 0 Å². The number of aromatic nitrogens is 2. The Kier molecular flexibility index (Phi) is 7.39. The van der Waals surface area contributed by atoms with Crippen molar-refractivity contribution in [3.05, 3.63) is 89.2 Å². The number of nitrogens with zero attached hydrogens (tertiary/aromatic N) is 2. The van der Waals surface area contributed by atoms with Gasteiger partial charge in [0.05, 0.1) is 29.0 Å². The van der Waals surface area contributed by atoms with E-state index in [1.165, 1.54) is 16.3 Å². The third kappa shape index (κ3) is 5.60. The molecule has 1 amide bonds. The van der Waals surface area contributed by atoms with Crippen LogP contribution >= 0.6 is 11.8 Å². The standard InChI is InChI=1S/C25H23N3O4S/c1-31-16-15-26-23(29)17-33-25-27-22-10-6-5-9-21(22)24(30)28(25)18-11-13-20(14-12-18)32-19-7-3-2-4-8-19/h2-14H,15-17H2,1H3,(H,26,29). The van der Waals surface area contributed by atoms with E-state index in [-0.39, 0.29) is 17.2 Å². The van der Waals surface area contributed by atoms with E-state index in [1.54, 1.807) is 43.5 Å². The number of nitrogens with one attached hydrogen (secondary N) is 1. The molecule has 0 radical (unpaired) electrons. The van der Waals surface area contributed by atoms with Crippen LogP contribution in [0.15, 0.2) is 88.8 Å². The van der Waals surface area contributed by atoms with Gasteiger partial charge in [0.25, 0.3) is 5.56 Å². The van der Waals surface area contributed by atoms with Crippen LogP contribution in [0.5, 0.6) is 11.5 Å². The highest BCUT2D eigenvalue weighted by Crippen LogP contribution is 2.25. The van der Waals surface area contributed by atoms with Gasteiger partial charge in [0, 0.05) is 13.7 Å². The molecule has 0 bridgehead atoms. The third-order valence-electron chi connectivity index (χ3n) is 4.78. The zero-order valence-corrected chi connectivity index (χ0v) is 18.9. The number of benzene rings is 3. The zero-order valence-electron chi connectivity index (χ0n) is 18.1. The van der Waals surface area contributed by atoms with Gasteiger partial charge in [-0.05, 0) is 48.5 Å². The Morgan fingerprint density at radius 3 is 2.42 bits per heavy atom. The Bertz CT molecular complexity index is 1290. The number of rotatable bonds is 9. The molecule has 0 saturated heterocycles. The molecule has 0 aliphatic carbocycles. The minimum Gasteiger partial charge on any atom is -0.457 e. The van der Waals surface area contributed by atoms with E-state index in [0.29, 0.717) is 40.6 Å². The first kappa shape index (κ1) is 22.6. The number of amides is 1. The van der Waals surface area contributed by atoms with Gasteiger partial charge in [-0.2, -0.15) is 0 Å². The van der Waals surface area contributed by atoms with Crippen molar-refractivity contribution in [1.29, 1.82) is 0 Å². The molecule has 1 N–H and O–H groups in total. The number of thioether (sulfide) groups is 1. The van der Waals surface area contributed by atoms with Gasteiger partial charge in [0.1, 0.15) is 11.5 Å². The number of hydrogen-bond acceptors (Lipinski definition) is 6. The van der Waals surface area contributed by atoms with Crippen LogP contribution < -0.4 is 15.6 Å². The average molecular weight is 462 g/mol. The Labute approximate surface area is 195 Å². The van der Waals surface area contributed by atoms with E-state index in [0.717, 1.165) is 5.75 Å². The predicted molar refractivity (Wildman–Crippen MR) is 129 cm³/mol. The molecular formula is C25H23N3O4S. The SMILES string of the molecule is COCCNC(=O)CSc1nc2ccccc2c(=O)n1-c1ccc(Oc2ccccc2)cc1. The highest BCUT2D eigenvalue weighted by molar-refractivity contribution is 7.99. The Hall–Kier alpha value is -3.62. The molecule has 1 heterocycles. The van der Waals surface area contributed by atoms with Crippen LogP contribution in [0.25, 0.3) is 16.6 Å². The summed E-state index contributed by atoms with van der Waals surface area (Å²) in [5, 5.41) is 3.73. The summed E-state index contributed by atoms with van der Waals surface area (Å²) in [5.41, 5.74) is 1.03. The lowest BCUT2D eigenvalue weighted by atomic mass is 10.2. The van der Waals surface area contributed by atoms with Crippen molar-refractivity contribution in [3.63, 3.8) is 0 Å². The minimum absolute atomic E-state index is 0.129. The van der Waals surface area contributed by atoms with Gasteiger partial charge < -0.3 is 14.8 Å². The summed E-state index contributed by atoms with van der Waals surface area (Å²) < 4.78 is 12.3. The van der Waals surface area contributed by atoms with Gasteiger partial charge in [0.15, 0.2) is 5.16 Å². The van der Waals surface area contributed by atoms with Crippen LogP contribution in [0.2, 0.25) is 0 Å². The number of hydrogen-bond donors (Lipinski definition) is 1. The fraction of sp³-hybridized carbons (Fsp3) is 0.160. The predicted octanol–water partition coefficient (Wildman–Crippen LogP) is 4.03. The molecule has 8 heteroatoms. The van der Waals surface area contributed by atoms with Crippen molar-refractivity contribution in [2.75, 3.05) is 26.0 Å². The smallest absolute Gasteiger partial charge is 0.266 e. The summed E-state index contributed by atoms with van der Waals surface area (Å²) >= 11 is 1.21. The maximum atomic E-state index is 13.3. The van der Waals surface area contributed by atoms with Crippen molar-refractivity contribution >= 4 is 28.6 Å². The topological polar surface area (TPSA) is 82.5 Å². The van der Waals surface area contributed by atoms with E-state index < -0.39 is 0 Å².